The maximum absolute atomic E-state index is 3.73. The van der Waals surface area contributed by atoms with Gasteiger partial charge in [0.05, 0.1) is 0 Å². The Morgan fingerprint density at radius 3 is 2.10 bits per heavy atom. The molecule has 1 unspecified atom stereocenters. The normalized spacial score (nSPS) is 17.1. The predicted octanol–water partition coefficient (Wildman–Crippen LogP) is 8.89. The van der Waals surface area contributed by atoms with Crippen LogP contribution in [0, 0.1) is 5.92 Å². The third-order valence-electron chi connectivity index (χ3n) is 6.69. The van der Waals surface area contributed by atoms with Crippen molar-refractivity contribution in [3.8, 4) is 11.1 Å². The Morgan fingerprint density at radius 1 is 0.733 bits per heavy atom. The van der Waals surface area contributed by atoms with Crippen LogP contribution in [-0.2, 0) is 6.42 Å². The Bertz CT molecular complexity index is 1320. The average Bonchev–Trinajstić information content (AvgIpc) is 3.05. The summed E-state index contributed by atoms with van der Waals surface area (Å²) in [7, 11) is 0. The molecule has 0 N–H and O–H groups in total. The topological polar surface area (TPSA) is 0 Å². The molecule has 0 heterocycles. The number of allylic oxidation sites excluding steroid dienone is 1. The summed E-state index contributed by atoms with van der Waals surface area (Å²) in [4.78, 5) is 0. The molecule has 0 aromatic heterocycles. The SMILES string of the molecule is CC1CCc2ccc3ccccc3c2C1=C1c2cc(Br)ccc2-c2ccc(Br)cc21. The highest BCUT2D eigenvalue weighted by Gasteiger charge is 2.32. The Kier molecular flexibility index (Phi) is 4.30. The number of hydrogen-bond acceptors (Lipinski definition) is 0. The highest BCUT2D eigenvalue weighted by atomic mass is 79.9. The highest BCUT2D eigenvalue weighted by Crippen LogP contribution is 2.53. The molecule has 0 saturated heterocycles. The molecule has 2 heteroatoms. The summed E-state index contributed by atoms with van der Waals surface area (Å²) in [5.41, 5.74) is 11.2. The van der Waals surface area contributed by atoms with Gasteiger partial charge in [-0.25, -0.2) is 0 Å². The molecule has 146 valence electrons. The molecule has 4 aromatic carbocycles. The first-order valence-electron chi connectivity index (χ1n) is 10.5. The van der Waals surface area contributed by atoms with Crippen LogP contribution < -0.4 is 0 Å². The van der Waals surface area contributed by atoms with Crippen LogP contribution >= 0.6 is 31.9 Å². The first-order valence-corrected chi connectivity index (χ1v) is 12.1. The van der Waals surface area contributed by atoms with Gasteiger partial charge in [0.15, 0.2) is 0 Å². The lowest BCUT2D eigenvalue weighted by molar-refractivity contribution is 0.645. The standard InChI is InChI=1S/C28H20Br2/c1-16-6-7-18-9-8-17-4-2-3-5-21(17)27(18)26(16)28-24-14-19(29)10-12-22(24)23-13-11-20(30)15-25(23)28/h2-5,8-16H,6-7H2,1H3. The molecule has 6 rings (SSSR count). The Hall–Kier alpha value is -2.16. The van der Waals surface area contributed by atoms with Crippen molar-refractivity contribution in [2.24, 2.45) is 5.92 Å². The molecular formula is C28H20Br2. The fourth-order valence-corrected chi connectivity index (χ4v) is 6.05. The monoisotopic (exact) mass is 514 g/mol. The molecular weight excluding hydrogens is 496 g/mol. The Morgan fingerprint density at radius 2 is 1.40 bits per heavy atom. The lowest BCUT2D eigenvalue weighted by Gasteiger charge is -2.29. The average molecular weight is 516 g/mol. The van der Waals surface area contributed by atoms with E-state index in [1.165, 1.54) is 61.7 Å². The fraction of sp³-hybridized carbons (Fsp3) is 0.143. The van der Waals surface area contributed by atoms with Crippen molar-refractivity contribution in [3.63, 3.8) is 0 Å². The summed E-state index contributed by atoms with van der Waals surface area (Å²) < 4.78 is 2.26. The van der Waals surface area contributed by atoms with E-state index in [9.17, 15) is 0 Å². The second-order valence-corrected chi connectivity index (χ2v) is 10.3. The van der Waals surface area contributed by atoms with E-state index in [0.29, 0.717) is 5.92 Å². The third-order valence-corrected chi connectivity index (χ3v) is 7.67. The molecule has 0 saturated carbocycles. The van der Waals surface area contributed by atoms with E-state index in [4.69, 9.17) is 0 Å². The van der Waals surface area contributed by atoms with Crippen molar-refractivity contribution in [1.29, 1.82) is 0 Å². The zero-order valence-electron chi connectivity index (χ0n) is 16.7. The molecule has 0 nitrogen and oxygen atoms in total. The van der Waals surface area contributed by atoms with Gasteiger partial charge in [0, 0.05) is 8.95 Å². The summed E-state index contributed by atoms with van der Waals surface area (Å²) in [6.07, 6.45) is 2.34. The first kappa shape index (κ1) is 18.6. The number of benzene rings is 4. The second-order valence-electron chi connectivity index (χ2n) is 8.43. The summed E-state index contributed by atoms with van der Waals surface area (Å²) in [5.74, 6) is 0.509. The lowest BCUT2D eigenvalue weighted by Crippen LogP contribution is -2.13. The number of hydrogen-bond donors (Lipinski definition) is 0. The quantitative estimate of drug-likeness (QED) is 0.193. The minimum absolute atomic E-state index is 0.509. The van der Waals surface area contributed by atoms with Gasteiger partial charge in [0.2, 0.25) is 0 Å². The zero-order chi connectivity index (χ0) is 20.4. The smallest absolute Gasteiger partial charge is 0.0181 e. The molecule has 1 atom stereocenters. The van der Waals surface area contributed by atoms with Gasteiger partial charge in [-0.1, -0.05) is 87.3 Å². The van der Waals surface area contributed by atoms with Crippen LogP contribution in [0.5, 0.6) is 0 Å². The van der Waals surface area contributed by atoms with Gasteiger partial charge in [0.1, 0.15) is 0 Å². The Labute approximate surface area is 193 Å². The largest absolute Gasteiger partial charge is 0.0616 e. The van der Waals surface area contributed by atoms with Crippen molar-refractivity contribution < 1.29 is 0 Å². The molecule has 0 amide bonds. The van der Waals surface area contributed by atoms with Gasteiger partial charge >= 0.3 is 0 Å². The van der Waals surface area contributed by atoms with Crippen molar-refractivity contribution in [3.05, 3.63) is 104 Å². The number of halogens is 2. The second kappa shape index (κ2) is 6.93. The van der Waals surface area contributed by atoms with E-state index >= 15 is 0 Å². The molecule has 0 fully saturated rings. The van der Waals surface area contributed by atoms with Gasteiger partial charge in [-0.3, -0.25) is 0 Å². The number of rotatable bonds is 0. The van der Waals surface area contributed by atoms with Crippen LogP contribution in [0.2, 0.25) is 0 Å². The number of aryl methyl sites for hydroxylation is 1. The highest BCUT2D eigenvalue weighted by molar-refractivity contribution is 9.10. The van der Waals surface area contributed by atoms with E-state index in [2.05, 4.69) is 112 Å². The Balaban J connectivity index is 1.80. The predicted molar refractivity (Wildman–Crippen MR) is 135 cm³/mol. The van der Waals surface area contributed by atoms with Crippen molar-refractivity contribution in [2.45, 2.75) is 19.8 Å². The van der Waals surface area contributed by atoms with Gasteiger partial charge < -0.3 is 0 Å². The van der Waals surface area contributed by atoms with E-state index in [-0.39, 0.29) is 0 Å². The summed E-state index contributed by atoms with van der Waals surface area (Å²) in [5, 5.41) is 2.70. The summed E-state index contributed by atoms with van der Waals surface area (Å²) in [6.45, 7) is 2.40. The van der Waals surface area contributed by atoms with Crippen LogP contribution in [0.4, 0.5) is 0 Å². The van der Waals surface area contributed by atoms with Crippen LogP contribution in [0.15, 0.2) is 81.7 Å². The maximum atomic E-state index is 3.73. The molecule has 0 spiro atoms. The molecule has 2 aliphatic rings. The van der Waals surface area contributed by atoms with Gasteiger partial charge in [-0.2, -0.15) is 0 Å². The molecule has 0 bridgehead atoms. The maximum Gasteiger partial charge on any atom is 0.0181 e. The summed E-state index contributed by atoms with van der Waals surface area (Å²) >= 11 is 7.46. The summed E-state index contributed by atoms with van der Waals surface area (Å²) in [6, 6.07) is 26.9. The molecule has 0 aliphatic heterocycles. The first-order chi connectivity index (χ1) is 14.6. The van der Waals surface area contributed by atoms with Gasteiger partial charge in [0.25, 0.3) is 0 Å². The molecule has 0 radical (unpaired) electrons. The van der Waals surface area contributed by atoms with Crippen LogP contribution in [-0.4, -0.2) is 0 Å². The van der Waals surface area contributed by atoms with Gasteiger partial charge in [-0.15, -0.1) is 0 Å². The van der Waals surface area contributed by atoms with Gasteiger partial charge in [-0.05, 0) is 98.3 Å². The third kappa shape index (κ3) is 2.70. The van der Waals surface area contributed by atoms with Crippen molar-refractivity contribution >= 4 is 53.8 Å². The van der Waals surface area contributed by atoms with Crippen LogP contribution in [0.25, 0.3) is 33.0 Å². The molecule has 30 heavy (non-hydrogen) atoms. The zero-order valence-corrected chi connectivity index (χ0v) is 19.8. The minimum Gasteiger partial charge on any atom is -0.0616 e. The van der Waals surface area contributed by atoms with Crippen molar-refractivity contribution in [1.82, 2.24) is 0 Å². The lowest BCUT2D eigenvalue weighted by atomic mass is 9.75. The number of fused-ring (bicyclic) bond motifs is 6. The van der Waals surface area contributed by atoms with E-state index in [1.54, 1.807) is 0 Å². The fourth-order valence-electron chi connectivity index (χ4n) is 5.33. The van der Waals surface area contributed by atoms with E-state index in [1.807, 2.05) is 0 Å². The van der Waals surface area contributed by atoms with E-state index < -0.39 is 0 Å². The van der Waals surface area contributed by atoms with Crippen molar-refractivity contribution in [2.75, 3.05) is 0 Å². The molecule has 4 aromatic rings. The van der Waals surface area contributed by atoms with Crippen LogP contribution in [0.3, 0.4) is 0 Å². The van der Waals surface area contributed by atoms with E-state index in [0.717, 1.165) is 15.4 Å². The van der Waals surface area contributed by atoms with Crippen LogP contribution in [0.1, 0.15) is 35.6 Å². The minimum atomic E-state index is 0.509. The molecule has 2 aliphatic carbocycles.